The molecule has 0 unspecified atom stereocenters. The zero-order valence-electron chi connectivity index (χ0n) is 12.9. The van der Waals surface area contributed by atoms with Gasteiger partial charge in [-0.2, -0.15) is 4.98 Å². The van der Waals surface area contributed by atoms with Crippen LogP contribution in [0.15, 0.2) is 22.9 Å². The molecule has 2 rings (SSSR count). The molecule has 0 bridgehead atoms. The van der Waals surface area contributed by atoms with Gasteiger partial charge in [-0.1, -0.05) is 5.16 Å². The van der Waals surface area contributed by atoms with Crippen LogP contribution in [-0.2, 0) is 10.0 Å². The summed E-state index contributed by atoms with van der Waals surface area (Å²) in [5, 5.41) is 6.88. The topological polar surface area (TPSA) is 110 Å². The smallest absolute Gasteiger partial charge is 0.261 e. The third kappa shape index (κ3) is 4.50. The van der Waals surface area contributed by atoms with E-state index in [1.807, 2.05) is 0 Å². The molecule has 0 aliphatic carbocycles. The zero-order valence-corrected chi connectivity index (χ0v) is 13.7. The van der Waals surface area contributed by atoms with Crippen LogP contribution in [-0.4, -0.2) is 41.9 Å². The van der Waals surface area contributed by atoms with Crippen LogP contribution < -0.4 is 10.0 Å². The van der Waals surface area contributed by atoms with Gasteiger partial charge in [0.2, 0.25) is 10.0 Å². The lowest BCUT2D eigenvalue weighted by molar-refractivity contribution is 0.425. The number of sulfonamides is 1. The summed E-state index contributed by atoms with van der Waals surface area (Å²) in [5.74, 6) is 1.44. The molecule has 0 aliphatic rings. The predicted octanol–water partition coefficient (Wildman–Crippen LogP) is 1.18. The molecule has 2 heterocycles. The number of aromatic nitrogens is 3. The highest BCUT2D eigenvalue weighted by atomic mass is 32.2. The largest absolute Gasteiger partial charge is 0.368 e. The van der Waals surface area contributed by atoms with E-state index >= 15 is 0 Å². The Morgan fingerprint density at radius 1 is 1.36 bits per heavy atom. The molecule has 120 valence electrons. The Hall–Kier alpha value is -2.00. The fraction of sp³-hybridized carbons (Fsp3) is 0.462. The number of nitrogens with zero attached hydrogens (tertiary/aromatic N) is 3. The van der Waals surface area contributed by atoms with Gasteiger partial charge in [0.1, 0.15) is 5.82 Å². The Kier molecular flexibility index (Phi) is 4.47. The van der Waals surface area contributed by atoms with Crippen LogP contribution in [0.5, 0.6) is 0 Å². The van der Waals surface area contributed by atoms with Crippen molar-refractivity contribution in [1.82, 2.24) is 19.8 Å². The van der Waals surface area contributed by atoms with E-state index in [-0.39, 0.29) is 0 Å². The van der Waals surface area contributed by atoms with Crippen LogP contribution >= 0.6 is 0 Å². The van der Waals surface area contributed by atoms with Crippen molar-refractivity contribution < 1.29 is 12.9 Å². The van der Waals surface area contributed by atoms with Gasteiger partial charge in [-0.25, -0.2) is 18.1 Å². The molecule has 2 aromatic rings. The molecule has 0 amide bonds. The Morgan fingerprint density at radius 2 is 2.09 bits per heavy atom. The van der Waals surface area contributed by atoms with E-state index in [0.717, 1.165) is 6.26 Å². The third-order valence-corrected chi connectivity index (χ3v) is 3.65. The van der Waals surface area contributed by atoms with Crippen molar-refractivity contribution in [3.63, 3.8) is 0 Å². The highest BCUT2D eigenvalue weighted by molar-refractivity contribution is 7.88. The first-order valence-corrected chi connectivity index (χ1v) is 8.54. The maximum absolute atomic E-state index is 11.4. The SMILES string of the molecule is Cc1noc(-c2cccnc2NCC(C)(C)NS(C)(=O)=O)n1. The summed E-state index contributed by atoms with van der Waals surface area (Å²) >= 11 is 0. The Bertz CT molecular complexity index is 755. The van der Waals surface area contributed by atoms with Crippen molar-refractivity contribution in [3.05, 3.63) is 24.2 Å². The molecule has 0 spiro atoms. The number of hydrogen-bond donors (Lipinski definition) is 2. The van der Waals surface area contributed by atoms with Crippen LogP contribution in [0, 0.1) is 6.92 Å². The Morgan fingerprint density at radius 3 is 2.68 bits per heavy atom. The zero-order chi connectivity index (χ0) is 16.4. The van der Waals surface area contributed by atoms with Crippen LogP contribution in [0.4, 0.5) is 5.82 Å². The highest BCUT2D eigenvalue weighted by Gasteiger charge is 2.23. The minimum absolute atomic E-state index is 0.344. The van der Waals surface area contributed by atoms with E-state index in [1.54, 1.807) is 39.1 Å². The number of rotatable bonds is 6. The average molecular weight is 325 g/mol. The number of anilines is 1. The molecule has 2 aromatic heterocycles. The summed E-state index contributed by atoms with van der Waals surface area (Å²) in [6, 6.07) is 3.57. The molecule has 0 saturated heterocycles. The minimum atomic E-state index is -3.30. The molecule has 0 atom stereocenters. The summed E-state index contributed by atoms with van der Waals surface area (Å²) in [6.07, 6.45) is 2.76. The summed E-state index contributed by atoms with van der Waals surface area (Å²) in [5.41, 5.74) is -0.00843. The third-order valence-electron chi connectivity index (χ3n) is 2.73. The molecule has 22 heavy (non-hydrogen) atoms. The first kappa shape index (κ1) is 16.4. The summed E-state index contributed by atoms with van der Waals surface area (Å²) in [7, 11) is -3.30. The van der Waals surface area contributed by atoms with Gasteiger partial charge in [0.15, 0.2) is 5.82 Å². The molecule has 0 aliphatic heterocycles. The van der Waals surface area contributed by atoms with Gasteiger partial charge < -0.3 is 9.84 Å². The molecule has 8 nitrogen and oxygen atoms in total. The van der Waals surface area contributed by atoms with E-state index in [1.165, 1.54) is 0 Å². The second-order valence-electron chi connectivity index (χ2n) is 5.66. The summed E-state index contributed by atoms with van der Waals surface area (Å²) < 4.78 is 30.4. The van der Waals surface area contributed by atoms with Gasteiger partial charge >= 0.3 is 0 Å². The molecule has 0 aromatic carbocycles. The van der Waals surface area contributed by atoms with Crippen molar-refractivity contribution in [2.24, 2.45) is 0 Å². The molecule has 0 saturated carbocycles. The molecular formula is C13H19N5O3S. The second kappa shape index (κ2) is 6.01. The summed E-state index contributed by atoms with van der Waals surface area (Å²) in [6.45, 7) is 5.63. The minimum Gasteiger partial charge on any atom is -0.368 e. The standard InChI is InChI=1S/C13H19N5O3S/c1-9-16-12(21-17-9)10-6-5-7-14-11(10)15-8-13(2,3)18-22(4,19)20/h5-7,18H,8H2,1-4H3,(H,14,15). The quantitative estimate of drug-likeness (QED) is 0.820. The lowest BCUT2D eigenvalue weighted by atomic mass is 10.1. The highest BCUT2D eigenvalue weighted by Crippen LogP contribution is 2.24. The van der Waals surface area contributed by atoms with Crippen molar-refractivity contribution in [1.29, 1.82) is 0 Å². The average Bonchev–Trinajstić information content (AvgIpc) is 2.81. The second-order valence-corrected chi connectivity index (χ2v) is 7.41. The van der Waals surface area contributed by atoms with Gasteiger partial charge in [0.05, 0.1) is 11.8 Å². The monoisotopic (exact) mass is 325 g/mol. The van der Waals surface area contributed by atoms with Gasteiger partial charge in [-0.15, -0.1) is 0 Å². The van der Waals surface area contributed by atoms with Gasteiger partial charge in [-0.3, -0.25) is 0 Å². The molecular weight excluding hydrogens is 306 g/mol. The molecule has 9 heteroatoms. The van der Waals surface area contributed by atoms with Crippen molar-refractivity contribution in [3.8, 4) is 11.5 Å². The van der Waals surface area contributed by atoms with Crippen molar-refractivity contribution in [2.75, 3.05) is 18.1 Å². The number of nitrogens with one attached hydrogen (secondary N) is 2. The van der Waals surface area contributed by atoms with Crippen LogP contribution in [0.2, 0.25) is 0 Å². The van der Waals surface area contributed by atoms with E-state index in [9.17, 15) is 8.42 Å². The number of pyridine rings is 1. The fourth-order valence-corrected chi connectivity index (χ4v) is 3.04. The van der Waals surface area contributed by atoms with Gasteiger partial charge in [-0.05, 0) is 32.9 Å². The van der Waals surface area contributed by atoms with E-state index < -0.39 is 15.6 Å². The molecule has 2 N–H and O–H groups in total. The Balaban J connectivity index is 2.17. The van der Waals surface area contributed by atoms with Crippen LogP contribution in [0.3, 0.4) is 0 Å². The van der Waals surface area contributed by atoms with Crippen LogP contribution in [0.1, 0.15) is 19.7 Å². The van der Waals surface area contributed by atoms with E-state index in [4.69, 9.17) is 4.52 Å². The normalized spacial score (nSPS) is 12.4. The first-order valence-electron chi connectivity index (χ1n) is 6.65. The molecule has 0 fully saturated rings. The van der Waals surface area contributed by atoms with Gasteiger partial charge in [0.25, 0.3) is 5.89 Å². The number of aryl methyl sites for hydroxylation is 1. The lowest BCUT2D eigenvalue weighted by Gasteiger charge is -2.25. The van der Waals surface area contributed by atoms with Crippen molar-refractivity contribution >= 4 is 15.8 Å². The first-order chi connectivity index (χ1) is 10.2. The fourth-order valence-electron chi connectivity index (χ4n) is 1.97. The lowest BCUT2D eigenvalue weighted by Crippen LogP contribution is -2.47. The maximum Gasteiger partial charge on any atom is 0.261 e. The number of hydrogen-bond acceptors (Lipinski definition) is 7. The van der Waals surface area contributed by atoms with Crippen molar-refractivity contribution in [2.45, 2.75) is 26.3 Å². The van der Waals surface area contributed by atoms with Gasteiger partial charge in [0, 0.05) is 18.3 Å². The molecule has 0 radical (unpaired) electrons. The van der Waals surface area contributed by atoms with Crippen LogP contribution in [0.25, 0.3) is 11.5 Å². The predicted molar refractivity (Wildman–Crippen MR) is 82.8 cm³/mol. The van der Waals surface area contributed by atoms with E-state index in [0.29, 0.717) is 29.6 Å². The Labute approximate surface area is 129 Å². The van der Waals surface area contributed by atoms with E-state index in [2.05, 4.69) is 25.2 Å². The maximum atomic E-state index is 11.4. The summed E-state index contributed by atoms with van der Waals surface area (Å²) in [4.78, 5) is 8.42.